The van der Waals surface area contributed by atoms with Crippen molar-refractivity contribution in [2.45, 2.75) is 19.5 Å². The molecule has 0 aliphatic rings. The molecule has 0 saturated heterocycles. The summed E-state index contributed by atoms with van der Waals surface area (Å²) in [6, 6.07) is 21.2. The summed E-state index contributed by atoms with van der Waals surface area (Å²) in [6.45, 7) is 2.55. The fraction of sp³-hybridized carbons (Fsp3) is 0.182. The van der Waals surface area contributed by atoms with Crippen LogP contribution in [0, 0.1) is 0 Å². The van der Waals surface area contributed by atoms with Gasteiger partial charge in [-0.1, -0.05) is 48.5 Å². The molecule has 1 atom stereocenters. The van der Waals surface area contributed by atoms with Gasteiger partial charge in [0.15, 0.2) is 0 Å². The first-order valence-corrected chi connectivity index (χ1v) is 8.85. The number of methoxy groups -OCH3 is 1. The lowest BCUT2D eigenvalue weighted by Gasteiger charge is -2.14. The lowest BCUT2D eigenvalue weighted by atomic mass is 10.1. The SMILES string of the molecule is COc1ccccc1CNc1ccc(C(=O)NC(C)c2ccccc2)cn1. The molecule has 138 valence electrons. The third-order valence-electron chi connectivity index (χ3n) is 4.33. The molecule has 0 aliphatic heterocycles. The van der Waals surface area contributed by atoms with Crippen LogP contribution in [0.1, 0.15) is 34.5 Å². The van der Waals surface area contributed by atoms with Crippen molar-refractivity contribution in [1.29, 1.82) is 0 Å². The Bertz CT molecular complexity index is 880. The van der Waals surface area contributed by atoms with Gasteiger partial charge in [0.2, 0.25) is 0 Å². The number of ether oxygens (including phenoxy) is 1. The zero-order chi connectivity index (χ0) is 19.1. The number of nitrogens with one attached hydrogen (secondary N) is 2. The fourth-order valence-electron chi connectivity index (χ4n) is 2.77. The van der Waals surface area contributed by atoms with Gasteiger partial charge in [-0.2, -0.15) is 0 Å². The number of carbonyl (C=O) groups excluding carboxylic acids is 1. The molecule has 0 aliphatic carbocycles. The minimum absolute atomic E-state index is 0.0675. The molecule has 5 heteroatoms. The van der Waals surface area contributed by atoms with Crippen LogP contribution in [0.15, 0.2) is 72.9 Å². The number of rotatable bonds is 7. The average Bonchev–Trinajstić information content (AvgIpc) is 2.73. The van der Waals surface area contributed by atoms with Gasteiger partial charge in [-0.25, -0.2) is 4.98 Å². The zero-order valence-corrected chi connectivity index (χ0v) is 15.5. The quantitative estimate of drug-likeness (QED) is 0.662. The normalized spacial score (nSPS) is 11.5. The Morgan fingerprint density at radius 1 is 1.04 bits per heavy atom. The standard InChI is InChI=1S/C22H23N3O2/c1-16(17-8-4-3-5-9-17)25-22(26)19-12-13-21(24-15-19)23-14-18-10-6-7-11-20(18)27-2/h3-13,15-16H,14H2,1-2H3,(H,23,24)(H,25,26). The highest BCUT2D eigenvalue weighted by atomic mass is 16.5. The Balaban J connectivity index is 1.59. The molecule has 2 aromatic carbocycles. The van der Waals surface area contributed by atoms with E-state index in [4.69, 9.17) is 4.74 Å². The van der Waals surface area contributed by atoms with Crippen LogP contribution >= 0.6 is 0 Å². The van der Waals surface area contributed by atoms with Crippen LogP contribution in [0.3, 0.4) is 0 Å². The summed E-state index contributed by atoms with van der Waals surface area (Å²) >= 11 is 0. The number of nitrogens with zero attached hydrogens (tertiary/aromatic N) is 1. The van der Waals surface area contributed by atoms with Crippen LogP contribution in [0.4, 0.5) is 5.82 Å². The number of hydrogen-bond donors (Lipinski definition) is 2. The summed E-state index contributed by atoms with van der Waals surface area (Å²) in [5.74, 6) is 1.39. The van der Waals surface area contributed by atoms with Crippen molar-refractivity contribution in [2.75, 3.05) is 12.4 Å². The maximum absolute atomic E-state index is 12.4. The summed E-state index contributed by atoms with van der Waals surface area (Å²) in [4.78, 5) is 16.8. The minimum atomic E-state index is -0.143. The van der Waals surface area contributed by atoms with Crippen molar-refractivity contribution in [2.24, 2.45) is 0 Å². The fourth-order valence-corrected chi connectivity index (χ4v) is 2.77. The number of hydrogen-bond acceptors (Lipinski definition) is 4. The van der Waals surface area contributed by atoms with Crippen LogP contribution in [0.25, 0.3) is 0 Å². The number of pyridine rings is 1. The first-order valence-electron chi connectivity index (χ1n) is 8.85. The van der Waals surface area contributed by atoms with E-state index >= 15 is 0 Å². The molecule has 0 spiro atoms. The van der Waals surface area contributed by atoms with Crippen molar-refractivity contribution >= 4 is 11.7 Å². The van der Waals surface area contributed by atoms with Crippen LogP contribution in [0.5, 0.6) is 5.75 Å². The highest BCUT2D eigenvalue weighted by Crippen LogP contribution is 2.18. The second-order valence-corrected chi connectivity index (χ2v) is 6.20. The molecule has 1 heterocycles. The maximum atomic E-state index is 12.4. The predicted molar refractivity (Wildman–Crippen MR) is 107 cm³/mol. The summed E-state index contributed by atoms with van der Waals surface area (Å²) in [6.07, 6.45) is 1.58. The van der Waals surface area contributed by atoms with E-state index < -0.39 is 0 Å². The molecule has 1 unspecified atom stereocenters. The van der Waals surface area contributed by atoms with E-state index in [0.29, 0.717) is 17.9 Å². The monoisotopic (exact) mass is 361 g/mol. The smallest absolute Gasteiger partial charge is 0.253 e. The van der Waals surface area contributed by atoms with E-state index in [2.05, 4.69) is 15.6 Å². The Labute approximate surface area is 159 Å². The number of carbonyl (C=O) groups is 1. The molecule has 27 heavy (non-hydrogen) atoms. The molecular formula is C22H23N3O2. The minimum Gasteiger partial charge on any atom is -0.496 e. The van der Waals surface area contributed by atoms with E-state index in [9.17, 15) is 4.79 Å². The van der Waals surface area contributed by atoms with Crippen molar-refractivity contribution < 1.29 is 9.53 Å². The molecule has 3 aromatic rings. The maximum Gasteiger partial charge on any atom is 0.253 e. The van der Waals surface area contributed by atoms with Crippen LogP contribution in [-0.4, -0.2) is 18.0 Å². The Morgan fingerprint density at radius 3 is 2.48 bits per heavy atom. The van der Waals surface area contributed by atoms with Crippen molar-refractivity contribution in [3.63, 3.8) is 0 Å². The molecule has 0 fully saturated rings. The number of anilines is 1. The predicted octanol–water partition coefficient (Wildman–Crippen LogP) is 4.19. The highest BCUT2D eigenvalue weighted by molar-refractivity contribution is 5.94. The second kappa shape index (κ2) is 8.85. The molecule has 1 aromatic heterocycles. The van der Waals surface area contributed by atoms with Crippen LogP contribution in [0.2, 0.25) is 0 Å². The Hall–Kier alpha value is -3.34. The lowest BCUT2D eigenvalue weighted by Crippen LogP contribution is -2.26. The van der Waals surface area contributed by atoms with Gasteiger partial charge >= 0.3 is 0 Å². The lowest BCUT2D eigenvalue weighted by molar-refractivity contribution is 0.0939. The topological polar surface area (TPSA) is 63.2 Å². The number of aromatic nitrogens is 1. The molecule has 3 rings (SSSR count). The Morgan fingerprint density at radius 2 is 1.78 bits per heavy atom. The molecule has 0 saturated carbocycles. The summed E-state index contributed by atoms with van der Waals surface area (Å²) < 4.78 is 5.34. The van der Waals surface area contributed by atoms with E-state index in [1.807, 2.05) is 61.5 Å². The van der Waals surface area contributed by atoms with Gasteiger partial charge in [-0.15, -0.1) is 0 Å². The first kappa shape index (κ1) is 18.5. The van der Waals surface area contributed by atoms with E-state index in [1.165, 1.54) is 0 Å². The summed E-state index contributed by atoms with van der Waals surface area (Å²) in [5.41, 5.74) is 2.63. The molecule has 2 N–H and O–H groups in total. The largest absolute Gasteiger partial charge is 0.496 e. The van der Waals surface area contributed by atoms with Crippen molar-refractivity contribution in [3.8, 4) is 5.75 Å². The van der Waals surface area contributed by atoms with E-state index in [0.717, 1.165) is 16.9 Å². The van der Waals surface area contributed by atoms with E-state index in [-0.39, 0.29) is 11.9 Å². The third-order valence-corrected chi connectivity index (χ3v) is 4.33. The molecule has 0 radical (unpaired) electrons. The molecular weight excluding hydrogens is 338 g/mol. The van der Waals surface area contributed by atoms with Gasteiger partial charge in [0.05, 0.1) is 18.7 Å². The van der Waals surface area contributed by atoms with Gasteiger partial charge in [-0.3, -0.25) is 4.79 Å². The summed E-state index contributed by atoms with van der Waals surface area (Å²) in [5, 5.41) is 6.23. The first-order chi connectivity index (χ1) is 13.2. The number of benzene rings is 2. The number of para-hydroxylation sites is 1. The van der Waals surface area contributed by atoms with E-state index in [1.54, 1.807) is 25.4 Å². The van der Waals surface area contributed by atoms with Crippen molar-refractivity contribution in [1.82, 2.24) is 10.3 Å². The van der Waals surface area contributed by atoms with Crippen molar-refractivity contribution in [3.05, 3.63) is 89.6 Å². The highest BCUT2D eigenvalue weighted by Gasteiger charge is 2.11. The van der Waals surface area contributed by atoms with Crippen LogP contribution in [-0.2, 0) is 6.54 Å². The zero-order valence-electron chi connectivity index (χ0n) is 15.5. The third kappa shape index (κ3) is 4.85. The average molecular weight is 361 g/mol. The Kier molecular flexibility index (Phi) is 6.05. The summed E-state index contributed by atoms with van der Waals surface area (Å²) in [7, 11) is 1.65. The van der Waals surface area contributed by atoms with Gasteiger partial charge < -0.3 is 15.4 Å². The van der Waals surface area contributed by atoms with Gasteiger partial charge in [0.25, 0.3) is 5.91 Å². The van der Waals surface area contributed by atoms with Gasteiger partial charge in [0.1, 0.15) is 11.6 Å². The van der Waals surface area contributed by atoms with Gasteiger partial charge in [-0.05, 0) is 30.7 Å². The number of amides is 1. The molecule has 1 amide bonds. The van der Waals surface area contributed by atoms with Crippen LogP contribution < -0.4 is 15.4 Å². The van der Waals surface area contributed by atoms with Gasteiger partial charge in [0, 0.05) is 18.3 Å². The molecule has 5 nitrogen and oxygen atoms in total. The molecule has 0 bridgehead atoms. The second-order valence-electron chi connectivity index (χ2n) is 6.20.